The predicted molar refractivity (Wildman–Crippen MR) is 75.0 cm³/mol. The average Bonchev–Trinajstić information content (AvgIpc) is 2.37. The summed E-state index contributed by atoms with van der Waals surface area (Å²) in [6.07, 6.45) is 0. The molecule has 0 bridgehead atoms. The highest BCUT2D eigenvalue weighted by molar-refractivity contribution is 6.35. The number of hydrogen-bond acceptors (Lipinski definition) is 2. The molecule has 0 spiro atoms. The summed E-state index contributed by atoms with van der Waals surface area (Å²) >= 11 is 12.0. The predicted octanol–water partition coefficient (Wildman–Crippen LogP) is 4.68. The van der Waals surface area contributed by atoms with Gasteiger partial charge in [-0.3, -0.25) is 0 Å². The van der Waals surface area contributed by atoms with Crippen LogP contribution in [0.3, 0.4) is 0 Å². The smallest absolute Gasteiger partial charge is 0.123 e. The van der Waals surface area contributed by atoms with Gasteiger partial charge >= 0.3 is 0 Å². The first-order chi connectivity index (χ1) is 8.62. The van der Waals surface area contributed by atoms with E-state index in [0.717, 1.165) is 22.6 Å². The maximum Gasteiger partial charge on any atom is 0.123 e. The summed E-state index contributed by atoms with van der Waals surface area (Å²) in [7, 11) is 3.23. The molecular formula is C14H12Cl2O2. The van der Waals surface area contributed by atoms with E-state index in [1.807, 2.05) is 30.3 Å². The topological polar surface area (TPSA) is 18.5 Å². The van der Waals surface area contributed by atoms with Gasteiger partial charge in [0.05, 0.1) is 14.2 Å². The lowest BCUT2D eigenvalue weighted by Gasteiger charge is -2.09. The van der Waals surface area contributed by atoms with Crippen LogP contribution in [-0.4, -0.2) is 14.2 Å². The molecule has 2 nitrogen and oxygen atoms in total. The van der Waals surface area contributed by atoms with Crippen molar-refractivity contribution in [1.29, 1.82) is 0 Å². The highest BCUT2D eigenvalue weighted by Crippen LogP contribution is 2.32. The Bertz CT molecular complexity index is 525. The Hall–Kier alpha value is -1.38. The first-order valence-corrected chi connectivity index (χ1v) is 6.07. The van der Waals surface area contributed by atoms with Crippen LogP contribution in [0.4, 0.5) is 0 Å². The molecule has 0 heterocycles. The maximum absolute atomic E-state index is 6.00. The van der Waals surface area contributed by atoms with Crippen LogP contribution in [0.25, 0.3) is 11.1 Å². The van der Waals surface area contributed by atoms with E-state index < -0.39 is 0 Å². The van der Waals surface area contributed by atoms with Crippen molar-refractivity contribution in [3.05, 3.63) is 46.4 Å². The highest BCUT2D eigenvalue weighted by atomic mass is 35.5. The Kier molecular flexibility index (Phi) is 4.00. The Balaban J connectivity index is 2.55. The van der Waals surface area contributed by atoms with Crippen LogP contribution in [-0.2, 0) is 0 Å². The fourth-order valence-electron chi connectivity index (χ4n) is 1.69. The molecule has 2 aromatic carbocycles. The molecule has 0 atom stereocenters. The van der Waals surface area contributed by atoms with E-state index in [2.05, 4.69) is 0 Å². The second-order valence-corrected chi connectivity index (χ2v) is 4.63. The normalized spacial score (nSPS) is 10.2. The number of methoxy groups -OCH3 is 2. The Labute approximate surface area is 116 Å². The number of halogens is 2. The van der Waals surface area contributed by atoms with Gasteiger partial charge in [0, 0.05) is 16.1 Å². The molecule has 0 fully saturated rings. The molecule has 0 amide bonds. The lowest BCUT2D eigenvalue weighted by Crippen LogP contribution is -1.89. The number of benzene rings is 2. The molecule has 94 valence electrons. The molecule has 4 heteroatoms. The Morgan fingerprint density at radius 3 is 1.56 bits per heavy atom. The number of rotatable bonds is 3. The third-order valence-corrected chi connectivity index (χ3v) is 2.98. The van der Waals surface area contributed by atoms with Gasteiger partial charge in [-0.15, -0.1) is 0 Å². The van der Waals surface area contributed by atoms with Crippen molar-refractivity contribution in [3.8, 4) is 22.6 Å². The van der Waals surface area contributed by atoms with Crippen molar-refractivity contribution in [1.82, 2.24) is 0 Å². The summed E-state index contributed by atoms with van der Waals surface area (Å²) in [5, 5.41) is 1.19. The minimum absolute atomic E-state index is 0.597. The van der Waals surface area contributed by atoms with Crippen LogP contribution in [0.1, 0.15) is 0 Å². The monoisotopic (exact) mass is 282 g/mol. The molecule has 2 aromatic rings. The van der Waals surface area contributed by atoms with Crippen LogP contribution in [0, 0.1) is 0 Å². The van der Waals surface area contributed by atoms with Crippen molar-refractivity contribution >= 4 is 23.2 Å². The third-order valence-electron chi connectivity index (χ3n) is 2.55. The second-order valence-electron chi connectivity index (χ2n) is 3.76. The van der Waals surface area contributed by atoms with Gasteiger partial charge in [0.25, 0.3) is 0 Å². The minimum Gasteiger partial charge on any atom is -0.497 e. The van der Waals surface area contributed by atoms with Crippen molar-refractivity contribution in [2.45, 2.75) is 0 Å². The first-order valence-electron chi connectivity index (χ1n) is 5.32. The molecule has 0 aromatic heterocycles. The minimum atomic E-state index is 0.597. The molecule has 18 heavy (non-hydrogen) atoms. The van der Waals surface area contributed by atoms with E-state index in [-0.39, 0.29) is 0 Å². The van der Waals surface area contributed by atoms with Crippen molar-refractivity contribution in [2.75, 3.05) is 14.2 Å². The van der Waals surface area contributed by atoms with Crippen LogP contribution < -0.4 is 9.47 Å². The van der Waals surface area contributed by atoms with E-state index in [1.54, 1.807) is 20.3 Å². The molecular weight excluding hydrogens is 271 g/mol. The Morgan fingerprint density at radius 1 is 0.667 bits per heavy atom. The van der Waals surface area contributed by atoms with Gasteiger partial charge in [-0.2, -0.15) is 0 Å². The lowest BCUT2D eigenvalue weighted by atomic mass is 10.1. The molecule has 2 rings (SSSR count). The SMILES string of the molecule is COc1cc(OC)cc(-c2cc(Cl)cc(Cl)c2)c1. The zero-order valence-electron chi connectivity index (χ0n) is 10.0. The molecule has 0 aliphatic heterocycles. The van der Waals surface area contributed by atoms with Crippen LogP contribution in [0.15, 0.2) is 36.4 Å². The van der Waals surface area contributed by atoms with E-state index in [0.29, 0.717) is 10.0 Å². The van der Waals surface area contributed by atoms with E-state index >= 15 is 0 Å². The molecule has 0 saturated heterocycles. The average molecular weight is 283 g/mol. The van der Waals surface area contributed by atoms with Crippen LogP contribution in [0.2, 0.25) is 10.0 Å². The second kappa shape index (κ2) is 5.51. The van der Waals surface area contributed by atoms with E-state index in [1.165, 1.54) is 0 Å². The zero-order chi connectivity index (χ0) is 13.1. The van der Waals surface area contributed by atoms with Gasteiger partial charge in [0.2, 0.25) is 0 Å². The third kappa shape index (κ3) is 2.89. The maximum atomic E-state index is 6.00. The summed E-state index contributed by atoms with van der Waals surface area (Å²) in [4.78, 5) is 0. The van der Waals surface area contributed by atoms with Crippen LogP contribution >= 0.6 is 23.2 Å². The fourth-order valence-corrected chi connectivity index (χ4v) is 2.22. The van der Waals surface area contributed by atoms with Crippen LogP contribution in [0.5, 0.6) is 11.5 Å². The van der Waals surface area contributed by atoms with Gasteiger partial charge in [-0.25, -0.2) is 0 Å². The van der Waals surface area contributed by atoms with Gasteiger partial charge in [-0.1, -0.05) is 23.2 Å². The molecule has 0 N–H and O–H groups in total. The summed E-state index contributed by atoms with van der Waals surface area (Å²) in [5.74, 6) is 1.45. The van der Waals surface area contributed by atoms with Gasteiger partial charge < -0.3 is 9.47 Å². The molecule has 0 unspecified atom stereocenters. The fraction of sp³-hybridized carbons (Fsp3) is 0.143. The molecule has 0 aliphatic carbocycles. The Morgan fingerprint density at radius 2 is 1.11 bits per heavy atom. The lowest BCUT2D eigenvalue weighted by molar-refractivity contribution is 0.394. The van der Waals surface area contributed by atoms with Gasteiger partial charge in [0.1, 0.15) is 11.5 Å². The summed E-state index contributed by atoms with van der Waals surface area (Å²) in [5.41, 5.74) is 1.86. The largest absolute Gasteiger partial charge is 0.497 e. The first kappa shape index (κ1) is 13.1. The van der Waals surface area contributed by atoms with Gasteiger partial charge in [-0.05, 0) is 41.5 Å². The number of hydrogen-bond donors (Lipinski definition) is 0. The summed E-state index contributed by atoms with van der Waals surface area (Å²) in [6, 6.07) is 11.0. The molecule has 0 aliphatic rings. The highest BCUT2D eigenvalue weighted by Gasteiger charge is 2.06. The van der Waals surface area contributed by atoms with Crippen molar-refractivity contribution in [2.24, 2.45) is 0 Å². The zero-order valence-corrected chi connectivity index (χ0v) is 11.5. The number of ether oxygens (including phenoxy) is 2. The quantitative estimate of drug-likeness (QED) is 0.814. The van der Waals surface area contributed by atoms with Gasteiger partial charge in [0.15, 0.2) is 0 Å². The van der Waals surface area contributed by atoms with Crippen molar-refractivity contribution < 1.29 is 9.47 Å². The van der Waals surface area contributed by atoms with E-state index in [9.17, 15) is 0 Å². The standard InChI is InChI=1S/C14H12Cl2O2/c1-17-13-5-10(6-14(8-13)18-2)9-3-11(15)7-12(16)4-9/h3-8H,1-2H3. The molecule has 0 radical (unpaired) electrons. The van der Waals surface area contributed by atoms with E-state index in [4.69, 9.17) is 32.7 Å². The molecule has 0 saturated carbocycles. The summed E-state index contributed by atoms with van der Waals surface area (Å²) in [6.45, 7) is 0. The van der Waals surface area contributed by atoms with Crippen molar-refractivity contribution in [3.63, 3.8) is 0 Å². The summed E-state index contributed by atoms with van der Waals surface area (Å²) < 4.78 is 10.5.